The minimum atomic E-state index is -0.103. The van der Waals surface area contributed by atoms with Crippen molar-refractivity contribution in [3.05, 3.63) is 59.2 Å². The van der Waals surface area contributed by atoms with Gasteiger partial charge in [-0.05, 0) is 41.2 Å². The number of nitrogens with one attached hydrogen (secondary N) is 1. The molecule has 0 aromatic heterocycles. The molecule has 2 aromatic rings. The van der Waals surface area contributed by atoms with E-state index in [1.165, 1.54) is 12.5 Å². The Balaban J connectivity index is 2.11. The Kier molecular flexibility index (Phi) is 5.09. The van der Waals surface area contributed by atoms with Crippen LogP contribution in [0, 0.1) is 6.92 Å². The molecule has 0 spiro atoms. The van der Waals surface area contributed by atoms with Crippen molar-refractivity contribution in [1.29, 1.82) is 0 Å². The quantitative estimate of drug-likeness (QED) is 0.878. The molecule has 122 valence electrons. The molecule has 1 N–H and O–H groups in total. The number of ether oxygens (including phenoxy) is 1. The molecule has 23 heavy (non-hydrogen) atoms. The van der Waals surface area contributed by atoms with E-state index in [9.17, 15) is 4.79 Å². The average Bonchev–Trinajstić information content (AvgIpc) is 2.46. The standard InChI is InChI=1S/C20H25NO2/c1-14-6-11-18(21-15(2)22)19(12-14)23-13-16-7-9-17(10-8-16)20(3,4)5/h6-12H,13H2,1-5H3,(H,21,22). The zero-order chi connectivity index (χ0) is 17.0. The third kappa shape index (κ3) is 4.85. The third-order valence-corrected chi connectivity index (χ3v) is 3.66. The second-order valence-electron chi connectivity index (χ2n) is 6.92. The molecule has 0 aliphatic carbocycles. The molecule has 2 rings (SSSR count). The summed E-state index contributed by atoms with van der Waals surface area (Å²) < 4.78 is 5.92. The summed E-state index contributed by atoms with van der Waals surface area (Å²) in [6.45, 7) is 10.6. The van der Waals surface area contributed by atoms with E-state index < -0.39 is 0 Å². The maximum absolute atomic E-state index is 11.3. The Hall–Kier alpha value is -2.29. The molecule has 0 fully saturated rings. The summed E-state index contributed by atoms with van der Waals surface area (Å²) in [4.78, 5) is 11.3. The zero-order valence-electron chi connectivity index (χ0n) is 14.6. The van der Waals surface area contributed by atoms with Gasteiger partial charge >= 0.3 is 0 Å². The van der Waals surface area contributed by atoms with Crippen molar-refractivity contribution in [3.8, 4) is 5.75 Å². The summed E-state index contributed by atoms with van der Waals surface area (Å²) in [5, 5.41) is 2.80. The van der Waals surface area contributed by atoms with Gasteiger partial charge in [-0.3, -0.25) is 4.79 Å². The van der Waals surface area contributed by atoms with Crippen LogP contribution >= 0.6 is 0 Å². The van der Waals surface area contributed by atoms with Crippen LogP contribution in [0.25, 0.3) is 0 Å². The highest BCUT2D eigenvalue weighted by molar-refractivity contribution is 5.90. The van der Waals surface area contributed by atoms with Crippen molar-refractivity contribution in [3.63, 3.8) is 0 Å². The minimum absolute atomic E-state index is 0.103. The van der Waals surface area contributed by atoms with Gasteiger partial charge in [0.2, 0.25) is 5.91 Å². The molecule has 0 saturated carbocycles. The number of amides is 1. The molecule has 0 aliphatic heterocycles. The van der Waals surface area contributed by atoms with Crippen LogP contribution in [0.1, 0.15) is 44.4 Å². The van der Waals surface area contributed by atoms with Gasteiger partial charge in [0, 0.05) is 6.92 Å². The van der Waals surface area contributed by atoms with E-state index in [0.29, 0.717) is 18.0 Å². The number of hydrogen-bond acceptors (Lipinski definition) is 2. The number of benzene rings is 2. The van der Waals surface area contributed by atoms with Crippen LogP contribution in [0.5, 0.6) is 5.75 Å². The smallest absolute Gasteiger partial charge is 0.221 e. The highest BCUT2D eigenvalue weighted by Crippen LogP contribution is 2.27. The fourth-order valence-electron chi connectivity index (χ4n) is 2.30. The Bertz CT molecular complexity index is 682. The fourth-order valence-corrected chi connectivity index (χ4v) is 2.30. The van der Waals surface area contributed by atoms with Crippen LogP contribution in [-0.4, -0.2) is 5.91 Å². The van der Waals surface area contributed by atoms with Crippen molar-refractivity contribution >= 4 is 11.6 Å². The summed E-state index contributed by atoms with van der Waals surface area (Å²) >= 11 is 0. The first-order valence-corrected chi connectivity index (χ1v) is 7.86. The summed E-state index contributed by atoms with van der Waals surface area (Å²) in [5.74, 6) is 0.591. The van der Waals surface area contributed by atoms with Crippen molar-refractivity contribution in [1.82, 2.24) is 0 Å². The highest BCUT2D eigenvalue weighted by Gasteiger charge is 2.13. The molecule has 0 aliphatic rings. The van der Waals surface area contributed by atoms with Crippen molar-refractivity contribution < 1.29 is 9.53 Å². The van der Waals surface area contributed by atoms with E-state index in [1.807, 2.05) is 25.1 Å². The summed E-state index contributed by atoms with van der Waals surface area (Å²) in [5.41, 5.74) is 4.35. The predicted octanol–water partition coefficient (Wildman–Crippen LogP) is 4.83. The Morgan fingerprint density at radius 2 is 1.74 bits per heavy atom. The number of carbonyl (C=O) groups excluding carboxylic acids is 1. The van der Waals surface area contributed by atoms with Gasteiger partial charge in [0.25, 0.3) is 0 Å². The highest BCUT2D eigenvalue weighted by atomic mass is 16.5. The third-order valence-electron chi connectivity index (χ3n) is 3.66. The molecule has 0 saturated heterocycles. The lowest BCUT2D eigenvalue weighted by atomic mass is 9.87. The molecule has 3 heteroatoms. The molecule has 0 radical (unpaired) electrons. The van der Waals surface area contributed by atoms with Gasteiger partial charge < -0.3 is 10.1 Å². The van der Waals surface area contributed by atoms with Crippen molar-refractivity contribution in [2.45, 2.75) is 46.6 Å². The molecule has 0 heterocycles. The maximum Gasteiger partial charge on any atom is 0.221 e. The monoisotopic (exact) mass is 311 g/mol. The van der Waals surface area contributed by atoms with Gasteiger partial charge in [-0.2, -0.15) is 0 Å². The molecular formula is C20H25NO2. The molecule has 0 bridgehead atoms. The predicted molar refractivity (Wildman–Crippen MR) is 95.0 cm³/mol. The second-order valence-corrected chi connectivity index (χ2v) is 6.92. The van der Waals surface area contributed by atoms with E-state index in [1.54, 1.807) is 0 Å². The van der Waals surface area contributed by atoms with E-state index in [2.05, 4.69) is 50.4 Å². The fraction of sp³-hybridized carbons (Fsp3) is 0.350. The van der Waals surface area contributed by atoms with Crippen molar-refractivity contribution in [2.75, 3.05) is 5.32 Å². The molecule has 3 nitrogen and oxygen atoms in total. The van der Waals surface area contributed by atoms with Crippen LogP contribution in [0.4, 0.5) is 5.69 Å². The Morgan fingerprint density at radius 1 is 1.09 bits per heavy atom. The minimum Gasteiger partial charge on any atom is -0.487 e. The molecule has 1 amide bonds. The van der Waals surface area contributed by atoms with Crippen LogP contribution in [-0.2, 0) is 16.8 Å². The van der Waals surface area contributed by atoms with Crippen LogP contribution in [0.2, 0.25) is 0 Å². The normalized spacial score (nSPS) is 11.2. The van der Waals surface area contributed by atoms with Gasteiger partial charge in [-0.1, -0.05) is 51.1 Å². The van der Waals surface area contributed by atoms with Crippen LogP contribution in [0.15, 0.2) is 42.5 Å². The topological polar surface area (TPSA) is 38.3 Å². The maximum atomic E-state index is 11.3. The van der Waals surface area contributed by atoms with Gasteiger partial charge in [0.15, 0.2) is 0 Å². The molecule has 0 unspecified atom stereocenters. The Labute approximate surface area is 138 Å². The van der Waals surface area contributed by atoms with Gasteiger partial charge in [0.05, 0.1) is 5.69 Å². The number of anilines is 1. The first kappa shape index (κ1) is 17.1. The molecule has 0 atom stereocenters. The summed E-state index contributed by atoms with van der Waals surface area (Å²) in [6.07, 6.45) is 0. The first-order valence-electron chi connectivity index (χ1n) is 7.86. The number of aryl methyl sites for hydroxylation is 1. The summed E-state index contributed by atoms with van der Waals surface area (Å²) in [6, 6.07) is 14.2. The summed E-state index contributed by atoms with van der Waals surface area (Å²) in [7, 11) is 0. The molecule has 2 aromatic carbocycles. The second kappa shape index (κ2) is 6.86. The largest absolute Gasteiger partial charge is 0.487 e. The Morgan fingerprint density at radius 3 is 2.30 bits per heavy atom. The first-order chi connectivity index (χ1) is 10.8. The lowest BCUT2D eigenvalue weighted by Crippen LogP contribution is -2.11. The van der Waals surface area contributed by atoms with E-state index in [-0.39, 0.29) is 11.3 Å². The SMILES string of the molecule is CC(=O)Nc1ccc(C)cc1OCc1ccc(C(C)(C)C)cc1. The molecular weight excluding hydrogens is 286 g/mol. The number of hydrogen-bond donors (Lipinski definition) is 1. The number of carbonyl (C=O) groups is 1. The van der Waals surface area contributed by atoms with Gasteiger partial charge in [-0.25, -0.2) is 0 Å². The zero-order valence-corrected chi connectivity index (χ0v) is 14.6. The van der Waals surface area contributed by atoms with Crippen LogP contribution in [0.3, 0.4) is 0 Å². The van der Waals surface area contributed by atoms with Gasteiger partial charge in [0.1, 0.15) is 12.4 Å². The lowest BCUT2D eigenvalue weighted by Gasteiger charge is -2.19. The van der Waals surface area contributed by atoms with Gasteiger partial charge in [-0.15, -0.1) is 0 Å². The van der Waals surface area contributed by atoms with Crippen molar-refractivity contribution in [2.24, 2.45) is 0 Å². The lowest BCUT2D eigenvalue weighted by molar-refractivity contribution is -0.114. The van der Waals surface area contributed by atoms with E-state index >= 15 is 0 Å². The van der Waals surface area contributed by atoms with E-state index in [4.69, 9.17) is 4.74 Å². The van der Waals surface area contributed by atoms with Crippen LogP contribution < -0.4 is 10.1 Å². The van der Waals surface area contributed by atoms with E-state index in [0.717, 1.165) is 11.1 Å². The number of rotatable bonds is 4. The average molecular weight is 311 g/mol.